The second kappa shape index (κ2) is 6.85. The van der Waals surface area contributed by atoms with Crippen molar-refractivity contribution in [1.82, 2.24) is 5.87 Å². The minimum absolute atomic E-state index is 0.0177. The molecule has 7 heteroatoms. The molecular formula is C8H18Cl2N2Se3. The Morgan fingerprint density at radius 3 is 1.13 bits per heavy atom. The summed E-state index contributed by atoms with van der Waals surface area (Å²) in [6.45, 7) is 13.2. The third kappa shape index (κ3) is 6.52. The molecule has 0 saturated carbocycles. The van der Waals surface area contributed by atoms with Gasteiger partial charge in [0.25, 0.3) is 0 Å². The van der Waals surface area contributed by atoms with E-state index in [0.29, 0.717) is 0 Å². The molecule has 2 nitrogen and oxygen atoms in total. The number of hydrogen-bond donors (Lipinski definition) is 0. The Morgan fingerprint density at radius 1 is 0.733 bits per heavy atom. The first kappa shape index (κ1) is 17.1. The van der Waals surface area contributed by atoms with E-state index in [1.165, 1.54) is 0 Å². The Morgan fingerprint density at radius 2 is 1.00 bits per heavy atom. The monoisotopic (exact) mass is 452 g/mol. The Labute approximate surface area is 122 Å². The zero-order chi connectivity index (χ0) is 12.3. The standard InChI is InChI=1S/C8H18Cl2N2Se3/c1-7(2,3)11(13-9)15-12(14-10)8(4,5)6/h1-6H3. The van der Waals surface area contributed by atoms with Crippen LogP contribution in [-0.2, 0) is 0 Å². The van der Waals surface area contributed by atoms with Gasteiger partial charge < -0.3 is 0 Å². The van der Waals surface area contributed by atoms with Crippen LogP contribution < -0.4 is 0 Å². The second-order valence-electron chi connectivity index (χ2n) is 5.08. The van der Waals surface area contributed by atoms with Crippen molar-refractivity contribution in [3.05, 3.63) is 0 Å². The van der Waals surface area contributed by atoms with Crippen molar-refractivity contribution in [2.45, 2.75) is 52.6 Å². The third-order valence-electron chi connectivity index (χ3n) is 1.37. The van der Waals surface area contributed by atoms with Crippen LogP contribution in [0.1, 0.15) is 41.5 Å². The molecule has 0 rings (SSSR count). The van der Waals surface area contributed by atoms with Crippen molar-refractivity contribution in [1.29, 1.82) is 0 Å². The topological polar surface area (TPSA) is 6.48 Å². The molecule has 0 fully saturated rings. The van der Waals surface area contributed by atoms with Crippen molar-refractivity contribution in [2.75, 3.05) is 0 Å². The van der Waals surface area contributed by atoms with Gasteiger partial charge in [-0.05, 0) is 0 Å². The molecule has 0 aromatic heterocycles. The van der Waals surface area contributed by atoms with Crippen LogP contribution in [0.5, 0.6) is 0 Å². The molecule has 92 valence electrons. The van der Waals surface area contributed by atoms with Crippen LogP contribution in [0.2, 0.25) is 0 Å². The first-order chi connectivity index (χ1) is 6.62. The van der Waals surface area contributed by atoms with E-state index >= 15 is 0 Å². The molecule has 0 unspecified atom stereocenters. The Hall–Kier alpha value is 2.06. The summed E-state index contributed by atoms with van der Waals surface area (Å²) in [4.78, 5) is 0. The van der Waals surface area contributed by atoms with Crippen LogP contribution >= 0.6 is 20.2 Å². The quantitative estimate of drug-likeness (QED) is 0.607. The normalized spacial score (nSPS) is 14.0. The van der Waals surface area contributed by atoms with Crippen LogP contribution in [0, 0.1) is 0 Å². The van der Waals surface area contributed by atoms with Gasteiger partial charge in [-0.1, -0.05) is 0 Å². The first-order valence-corrected chi connectivity index (χ1v) is 12.1. The van der Waals surface area contributed by atoms with Crippen LogP contribution in [0.15, 0.2) is 0 Å². The van der Waals surface area contributed by atoms with Gasteiger partial charge in [0.1, 0.15) is 0 Å². The SMILES string of the molecule is CC(C)(C)N([Se]Cl)[Se]N([Se]Cl)C(C)(C)C. The fourth-order valence-electron chi connectivity index (χ4n) is 0.545. The fourth-order valence-corrected chi connectivity index (χ4v) is 9.46. The molecule has 0 aromatic rings. The predicted octanol–water partition coefficient (Wildman–Crippen LogP) is 2.27. The molecule has 0 atom stereocenters. The molecular weight excluding hydrogens is 432 g/mol. The third-order valence-corrected chi connectivity index (χ3v) is 13.6. The molecule has 0 aromatic carbocycles. The van der Waals surface area contributed by atoms with Gasteiger partial charge in [-0.25, -0.2) is 0 Å². The van der Waals surface area contributed by atoms with Crippen LogP contribution in [0.4, 0.5) is 0 Å². The molecule has 0 amide bonds. The van der Waals surface area contributed by atoms with E-state index in [1.54, 1.807) is 0 Å². The molecule has 0 heterocycles. The van der Waals surface area contributed by atoms with E-state index in [9.17, 15) is 0 Å². The van der Waals surface area contributed by atoms with Crippen molar-refractivity contribution < 1.29 is 0 Å². The average molecular weight is 450 g/mol. The average Bonchev–Trinajstić information content (AvgIpc) is 2.01. The summed E-state index contributed by atoms with van der Waals surface area (Å²) < 4.78 is 4.67. The number of hydrogen-bond acceptors (Lipinski definition) is 2. The van der Waals surface area contributed by atoms with Crippen molar-refractivity contribution in [2.24, 2.45) is 0 Å². The molecule has 0 radical (unpaired) electrons. The molecule has 0 spiro atoms. The Balaban J connectivity index is 4.52. The molecule has 0 bridgehead atoms. The second-order valence-corrected chi connectivity index (χ2v) is 12.8. The molecule has 0 N–H and O–H groups in total. The van der Waals surface area contributed by atoms with Crippen LogP contribution in [-0.4, -0.2) is 60.9 Å². The van der Waals surface area contributed by atoms with Gasteiger partial charge in [-0.2, -0.15) is 0 Å². The Bertz CT molecular complexity index is 171. The van der Waals surface area contributed by atoms with E-state index in [1.807, 2.05) is 0 Å². The zero-order valence-electron chi connectivity index (χ0n) is 9.88. The molecule has 0 aliphatic heterocycles. The summed E-state index contributed by atoms with van der Waals surface area (Å²) in [6, 6.07) is 0. The summed E-state index contributed by atoms with van der Waals surface area (Å²) in [5.41, 5.74) is 0.265. The summed E-state index contributed by atoms with van der Waals surface area (Å²) in [5, 5.41) is 0. The minimum atomic E-state index is 0.0177. The molecule has 15 heavy (non-hydrogen) atoms. The summed E-state index contributed by atoms with van der Waals surface area (Å²) in [7, 11) is 12.1. The summed E-state index contributed by atoms with van der Waals surface area (Å²) in [5.74, 6) is 0. The number of rotatable bonds is 4. The van der Waals surface area contributed by atoms with E-state index < -0.39 is 0 Å². The van der Waals surface area contributed by atoms with Gasteiger partial charge in [0.05, 0.1) is 0 Å². The van der Waals surface area contributed by atoms with E-state index in [0.717, 1.165) is 0 Å². The predicted molar refractivity (Wildman–Crippen MR) is 72.2 cm³/mol. The van der Waals surface area contributed by atoms with Gasteiger partial charge in [0.15, 0.2) is 0 Å². The van der Waals surface area contributed by atoms with Crippen molar-refractivity contribution >= 4 is 64.1 Å². The first-order valence-electron chi connectivity index (χ1n) is 4.49. The van der Waals surface area contributed by atoms with Gasteiger partial charge in [0.2, 0.25) is 0 Å². The maximum absolute atomic E-state index is 6.04. The van der Waals surface area contributed by atoms with Crippen LogP contribution in [0.3, 0.4) is 0 Å². The van der Waals surface area contributed by atoms with Gasteiger partial charge in [-0.3, -0.25) is 0 Å². The maximum atomic E-state index is 6.04. The van der Waals surface area contributed by atoms with Gasteiger partial charge in [-0.15, -0.1) is 0 Å². The fraction of sp³-hybridized carbons (Fsp3) is 1.00. The Kier molecular flexibility index (Phi) is 7.79. The van der Waals surface area contributed by atoms with Crippen LogP contribution in [0.25, 0.3) is 0 Å². The summed E-state index contributed by atoms with van der Waals surface area (Å²) in [6.07, 6.45) is 0. The van der Waals surface area contributed by atoms with E-state index in [2.05, 4.69) is 47.4 Å². The molecule has 0 saturated heterocycles. The summed E-state index contributed by atoms with van der Waals surface area (Å²) >= 11 is 0.272. The molecule has 0 aliphatic carbocycles. The number of halogens is 2. The van der Waals surface area contributed by atoms with E-state index in [-0.39, 0.29) is 55.0 Å². The van der Waals surface area contributed by atoms with Gasteiger partial charge >= 0.3 is 123 Å². The van der Waals surface area contributed by atoms with E-state index in [4.69, 9.17) is 20.2 Å². The van der Waals surface area contributed by atoms with Gasteiger partial charge in [0, 0.05) is 0 Å². The number of nitrogens with zero attached hydrogens (tertiary/aromatic N) is 2. The molecule has 0 aliphatic rings. The van der Waals surface area contributed by atoms with Crippen molar-refractivity contribution in [3.63, 3.8) is 0 Å². The van der Waals surface area contributed by atoms with Crippen molar-refractivity contribution in [3.8, 4) is 0 Å². The zero-order valence-corrected chi connectivity index (χ0v) is 16.5.